The van der Waals surface area contributed by atoms with Crippen molar-refractivity contribution < 1.29 is 14.7 Å². The van der Waals surface area contributed by atoms with Crippen molar-refractivity contribution in [2.24, 2.45) is 0 Å². The fourth-order valence-corrected chi connectivity index (χ4v) is 1.43. The van der Waals surface area contributed by atoms with Crippen molar-refractivity contribution >= 4 is 17.6 Å². The van der Waals surface area contributed by atoms with Crippen LogP contribution < -0.4 is 5.32 Å². The number of aliphatic carboxylic acids is 1. The molecule has 0 radical (unpaired) electrons. The van der Waals surface area contributed by atoms with E-state index in [0.717, 1.165) is 11.1 Å². The minimum atomic E-state index is -1.08. The summed E-state index contributed by atoms with van der Waals surface area (Å²) in [4.78, 5) is 22.7. The molecule has 2 N–H and O–H groups in total. The average molecular weight is 247 g/mol. The van der Waals surface area contributed by atoms with Gasteiger partial charge in [-0.25, -0.2) is 4.79 Å². The largest absolute Gasteiger partial charge is 0.478 e. The highest BCUT2D eigenvalue weighted by Gasteiger charge is 2.13. The van der Waals surface area contributed by atoms with E-state index in [1.165, 1.54) is 13.8 Å². The molecule has 0 aliphatic heterocycles. The summed E-state index contributed by atoms with van der Waals surface area (Å²) in [6.45, 7) is 6.79. The van der Waals surface area contributed by atoms with E-state index in [1.54, 1.807) is 6.07 Å². The first-order valence-electron chi connectivity index (χ1n) is 5.63. The zero-order valence-electron chi connectivity index (χ0n) is 11.0. The fraction of sp³-hybridized carbons (Fsp3) is 0.286. The Hall–Kier alpha value is -2.10. The maximum absolute atomic E-state index is 11.9. The Morgan fingerprint density at radius 3 is 2.28 bits per heavy atom. The molecule has 0 saturated carbocycles. The van der Waals surface area contributed by atoms with Gasteiger partial charge in [0, 0.05) is 16.8 Å². The van der Waals surface area contributed by atoms with E-state index >= 15 is 0 Å². The van der Waals surface area contributed by atoms with Crippen molar-refractivity contribution in [3.63, 3.8) is 0 Å². The third kappa shape index (κ3) is 2.97. The number of nitrogens with one attached hydrogen (secondary N) is 1. The number of carboxylic acid groups (broad SMARTS) is 1. The van der Waals surface area contributed by atoms with Crippen molar-refractivity contribution in [1.82, 2.24) is 0 Å². The second kappa shape index (κ2) is 5.49. The van der Waals surface area contributed by atoms with Crippen molar-refractivity contribution in [3.05, 3.63) is 40.5 Å². The predicted molar refractivity (Wildman–Crippen MR) is 70.6 cm³/mol. The van der Waals surface area contributed by atoms with Crippen LogP contribution in [0.25, 0.3) is 0 Å². The molecule has 1 aromatic rings. The summed E-state index contributed by atoms with van der Waals surface area (Å²) in [5, 5.41) is 11.6. The number of anilines is 1. The number of carbonyl (C=O) groups is 2. The highest BCUT2D eigenvalue weighted by molar-refractivity contribution is 6.08. The van der Waals surface area contributed by atoms with E-state index in [0.29, 0.717) is 5.69 Å². The van der Waals surface area contributed by atoms with Gasteiger partial charge < -0.3 is 10.4 Å². The third-order valence-corrected chi connectivity index (χ3v) is 3.08. The molecule has 4 heteroatoms. The van der Waals surface area contributed by atoms with Crippen molar-refractivity contribution in [1.29, 1.82) is 0 Å². The Morgan fingerprint density at radius 2 is 1.72 bits per heavy atom. The fourth-order valence-electron chi connectivity index (χ4n) is 1.43. The number of carbonyl (C=O) groups excluding carboxylic acids is 1. The van der Waals surface area contributed by atoms with Crippen LogP contribution in [0.1, 0.15) is 25.0 Å². The van der Waals surface area contributed by atoms with Crippen molar-refractivity contribution in [3.8, 4) is 0 Å². The number of amides is 1. The summed E-state index contributed by atoms with van der Waals surface area (Å²) < 4.78 is 0. The summed E-state index contributed by atoms with van der Waals surface area (Å²) in [5.41, 5.74) is 3.02. The number of aryl methyl sites for hydroxylation is 1. The number of carboxylic acids is 1. The van der Waals surface area contributed by atoms with Gasteiger partial charge in [-0.2, -0.15) is 0 Å². The smallest absolute Gasteiger partial charge is 0.331 e. The number of rotatable bonds is 3. The Bertz CT molecular complexity index is 530. The molecule has 1 rings (SSSR count). The topological polar surface area (TPSA) is 66.4 Å². The minimum Gasteiger partial charge on any atom is -0.478 e. The zero-order valence-corrected chi connectivity index (χ0v) is 11.0. The SMILES string of the molecule is CC(C(=O)O)=C(C)C(=O)Nc1cccc(C)c1C. The van der Waals surface area contributed by atoms with Crippen molar-refractivity contribution in [2.45, 2.75) is 27.7 Å². The molecule has 96 valence electrons. The Balaban J connectivity index is 2.99. The highest BCUT2D eigenvalue weighted by atomic mass is 16.4. The molecule has 0 saturated heterocycles. The maximum atomic E-state index is 11.9. The van der Waals surface area contributed by atoms with Crippen LogP contribution in [0.5, 0.6) is 0 Å². The lowest BCUT2D eigenvalue weighted by Crippen LogP contribution is -2.17. The molecule has 0 heterocycles. The quantitative estimate of drug-likeness (QED) is 0.807. The normalized spacial score (nSPS) is 11.8. The van der Waals surface area contributed by atoms with Gasteiger partial charge in [0.2, 0.25) is 0 Å². The number of hydrogen-bond donors (Lipinski definition) is 2. The lowest BCUT2D eigenvalue weighted by atomic mass is 10.1. The monoisotopic (exact) mass is 247 g/mol. The minimum absolute atomic E-state index is 0.0535. The van der Waals surface area contributed by atoms with Crippen LogP contribution in [-0.2, 0) is 9.59 Å². The molecule has 0 aromatic heterocycles. The van der Waals surface area contributed by atoms with E-state index in [2.05, 4.69) is 5.32 Å². The van der Waals surface area contributed by atoms with Crippen LogP contribution in [0.4, 0.5) is 5.69 Å². The summed E-state index contributed by atoms with van der Waals surface area (Å²) in [5.74, 6) is -1.47. The van der Waals surface area contributed by atoms with Crippen LogP contribution in [-0.4, -0.2) is 17.0 Å². The van der Waals surface area contributed by atoms with Gasteiger partial charge >= 0.3 is 5.97 Å². The molecule has 0 atom stereocenters. The Labute approximate surface area is 106 Å². The van der Waals surface area contributed by atoms with Crippen LogP contribution in [0, 0.1) is 13.8 Å². The van der Waals surface area contributed by atoms with Gasteiger partial charge in [0.25, 0.3) is 5.91 Å². The van der Waals surface area contributed by atoms with Crippen LogP contribution in [0.3, 0.4) is 0 Å². The molecule has 0 unspecified atom stereocenters. The van der Waals surface area contributed by atoms with Gasteiger partial charge in [-0.15, -0.1) is 0 Å². The van der Waals surface area contributed by atoms with E-state index in [4.69, 9.17) is 5.11 Å². The van der Waals surface area contributed by atoms with Crippen LogP contribution in [0.2, 0.25) is 0 Å². The molecule has 1 amide bonds. The lowest BCUT2D eigenvalue weighted by molar-refractivity contribution is -0.133. The molecule has 18 heavy (non-hydrogen) atoms. The standard InChI is InChI=1S/C14H17NO3/c1-8-6-5-7-12(9(8)2)15-13(16)10(3)11(4)14(17)18/h5-7H,1-4H3,(H,15,16)(H,17,18). The number of benzene rings is 1. The predicted octanol–water partition coefficient (Wildman–Crippen LogP) is 2.66. The van der Waals surface area contributed by atoms with Gasteiger partial charge in [-0.05, 0) is 44.9 Å². The maximum Gasteiger partial charge on any atom is 0.331 e. The first-order chi connectivity index (χ1) is 8.34. The molecule has 0 aliphatic carbocycles. The number of hydrogen-bond acceptors (Lipinski definition) is 2. The van der Waals surface area contributed by atoms with E-state index in [9.17, 15) is 9.59 Å². The van der Waals surface area contributed by atoms with Crippen LogP contribution >= 0.6 is 0 Å². The molecule has 0 spiro atoms. The Morgan fingerprint density at radius 1 is 1.11 bits per heavy atom. The average Bonchev–Trinajstić information content (AvgIpc) is 2.32. The highest BCUT2D eigenvalue weighted by Crippen LogP contribution is 2.19. The summed E-state index contributed by atoms with van der Waals surface area (Å²) in [7, 11) is 0. The molecular formula is C14H17NO3. The Kier molecular flexibility index (Phi) is 4.26. The second-order valence-corrected chi connectivity index (χ2v) is 4.26. The summed E-state index contributed by atoms with van der Waals surface area (Å²) >= 11 is 0. The van der Waals surface area contributed by atoms with Gasteiger partial charge in [0.1, 0.15) is 0 Å². The molecular weight excluding hydrogens is 230 g/mol. The second-order valence-electron chi connectivity index (χ2n) is 4.26. The zero-order chi connectivity index (χ0) is 13.9. The third-order valence-electron chi connectivity index (χ3n) is 3.08. The molecule has 0 bridgehead atoms. The lowest BCUT2D eigenvalue weighted by Gasteiger charge is -2.11. The molecule has 4 nitrogen and oxygen atoms in total. The van der Waals surface area contributed by atoms with E-state index < -0.39 is 5.97 Å². The summed E-state index contributed by atoms with van der Waals surface area (Å²) in [6, 6.07) is 5.60. The van der Waals surface area contributed by atoms with Gasteiger partial charge in [0.15, 0.2) is 0 Å². The van der Waals surface area contributed by atoms with Crippen LogP contribution in [0.15, 0.2) is 29.3 Å². The van der Waals surface area contributed by atoms with Gasteiger partial charge in [-0.3, -0.25) is 4.79 Å². The first kappa shape index (κ1) is 14.0. The van der Waals surface area contributed by atoms with E-state index in [1.807, 2.05) is 26.0 Å². The van der Waals surface area contributed by atoms with E-state index in [-0.39, 0.29) is 17.1 Å². The van der Waals surface area contributed by atoms with Gasteiger partial charge in [-0.1, -0.05) is 12.1 Å². The summed E-state index contributed by atoms with van der Waals surface area (Å²) in [6.07, 6.45) is 0. The van der Waals surface area contributed by atoms with Gasteiger partial charge in [0.05, 0.1) is 0 Å². The molecule has 1 aromatic carbocycles. The van der Waals surface area contributed by atoms with Crippen molar-refractivity contribution in [2.75, 3.05) is 5.32 Å². The molecule has 0 fully saturated rings. The first-order valence-corrected chi connectivity index (χ1v) is 5.63. The molecule has 0 aliphatic rings.